The lowest BCUT2D eigenvalue weighted by Crippen LogP contribution is -2.03. The normalized spacial score (nSPS) is 10.7. The maximum Gasteiger partial charge on any atom is 0.190 e. The maximum absolute atomic E-state index is 12.2. The van der Waals surface area contributed by atoms with Gasteiger partial charge in [0.2, 0.25) is 0 Å². The van der Waals surface area contributed by atoms with Gasteiger partial charge in [0, 0.05) is 28.2 Å². The number of aromatic nitrogens is 1. The van der Waals surface area contributed by atoms with Gasteiger partial charge in [-0.05, 0) is 24.3 Å². The summed E-state index contributed by atoms with van der Waals surface area (Å²) in [6.07, 6.45) is 0. The minimum Gasteiger partial charge on any atom is -0.495 e. The second kappa shape index (κ2) is 5.73. The summed E-state index contributed by atoms with van der Waals surface area (Å²) >= 11 is 6.17. The predicted octanol–water partition coefficient (Wildman–Crippen LogP) is 3.87. The smallest absolute Gasteiger partial charge is 0.190 e. The van der Waals surface area contributed by atoms with Crippen LogP contribution in [0.15, 0.2) is 47.3 Å². The van der Waals surface area contributed by atoms with Gasteiger partial charge in [0.1, 0.15) is 16.5 Å². The highest BCUT2D eigenvalue weighted by molar-refractivity contribution is 6.33. The van der Waals surface area contributed by atoms with Crippen molar-refractivity contribution in [2.75, 3.05) is 14.2 Å². The zero-order valence-corrected chi connectivity index (χ0v) is 12.9. The number of H-pyrrole nitrogens is 1. The molecule has 3 rings (SSSR count). The van der Waals surface area contributed by atoms with Crippen molar-refractivity contribution in [2.24, 2.45) is 0 Å². The first kappa shape index (κ1) is 14.5. The number of fused-ring (bicyclic) bond motifs is 1. The van der Waals surface area contributed by atoms with Crippen molar-refractivity contribution in [1.29, 1.82) is 0 Å². The third kappa shape index (κ3) is 2.42. The number of methoxy groups -OCH3 is 2. The summed E-state index contributed by atoms with van der Waals surface area (Å²) in [4.78, 5) is 15.5. The highest BCUT2D eigenvalue weighted by Gasteiger charge is 2.12. The van der Waals surface area contributed by atoms with Crippen LogP contribution in [0.3, 0.4) is 0 Å². The number of aromatic amines is 1. The molecule has 0 amide bonds. The molecule has 5 heteroatoms. The van der Waals surface area contributed by atoms with Crippen molar-refractivity contribution in [2.45, 2.75) is 0 Å². The fourth-order valence-corrected chi connectivity index (χ4v) is 2.64. The Bertz CT molecular complexity index is 877. The molecule has 0 aliphatic carbocycles. The summed E-state index contributed by atoms with van der Waals surface area (Å²) in [6, 6.07) is 12.5. The Morgan fingerprint density at radius 1 is 1.00 bits per heavy atom. The van der Waals surface area contributed by atoms with E-state index in [-0.39, 0.29) is 5.43 Å². The van der Waals surface area contributed by atoms with Gasteiger partial charge in [0.15, 0.2) is 5.43 Å². The van der Waals surface area contributed by atoms with E-state index in [0.717, 1.165) is 11.1 Å². The molecule has 0 saturated carbocycles. The Hall–Kier alpha value is -2.46. The summed E-state index contributed by atoms with van der Waals surface area (Å²) in [5.41, 5.74) is 2.17. The molecule has 0 aliphatic heterocycles. The lowest BCUT2D eigenvalue weighted by atomic mass is 10.1. The number of para-hydroxylation sites is 1. The quantitative estimate of drug-likeness (QED) is 0.798. The average molecular weight is 316 g/mol. The van der Waals surface area contributed by atoms with Crippen LogP contribution in [-0.2, 0) is 0 Å². The fraction of sp³-hybridized carbons (Fsp3) is 0.118. The molecule has 1 aromatic heterocycles. The molecule has 2 aromatic carbocycles. The average Bonchev–Trinajstić information content (AvgIpc) is 2.55. The van der Waals surface area contributed by atoms with Gasteiger partial charge in [-0.15, -0.1) is 0 Å². The van der Waals surface area contributed by atoms with Crippen molar-refractivity contribution < 1.29 is 9.47 Å². The summed E-state index contributed by atoms with van der Waals surface area (Å²) in [6.45, 7) is 0. The number of hydrogen-bond acceptors (Lipinski definition) is 3. The molecule has 0 radical (unpaired) electrons. The topological polar surface area (TPSA) is 51.3 Å². The molecule has 0 spiro atoms. The van der Waals surface area contributed by atoms with Gasteiger partial charge in [-0.1, -0.05) is 23.7 Å². The number of nitrogens with one attached hydrogen (secondary N) is 1. The third-order valence-corrected chi connectivity index (χ3v) is 3.87. The SMILES string of the molecule is COc1cc(-c2cc(=O)c3ccccc3[nH]2)cc(OC)c1Cl. The molecule has 1 heterocycles. The highest BCUT2D eigenvalue weighted by Crippen LogP contribution is 2.38. The molecule has 3 aromatic rings. The minimum atomic E-state index is -0.0442. The first-order valence-electron chi connectivity index (χ1n) is 6.68. The van der Waals surface area contributed by atoms with E-state index in [1.165, 1.54) is 14.2 Å². The van der Waals surface area contributed by atoms with Crippen LogP contribution in [0, 0.1) is 0 Å². The number of halogens is 1. The van der Waals surface area contributed by atoms with Gasteiger partial charge in [0.25, 0.3) is 0 Å². The molecule has 0 atom stereocenters. The summed E-state index contributed by atoms with van der Waals surface area (Å²) in [7, 11) is 3.07. The second-order valence-electron chi connectivity index (χ2n) is 4.79. The third-order valence-electron chi connectivity index (χ3n) is 3.49. The van der Waals surface area contributed by atoms with Crippen LogP contribution in [0.4, 0.5) is 0 Å². The lowest BCUT2D eigenvalue weighted by molar-refractivity contribution is 0.395. The standard InChI is InChI=1S/C17H14ClNO3/c1-21-15-7-10(8-16(22-2)17(15)18)13-9-14(20)11-5-3-4-6-12(11)19-13/h3-9H,1-2H3,(H,19,20). The zero-order valence-electron chi connectivity index (χ0n) is 12.1. The molecule has 1 N–H and O–H groups in total. The van der Waals surface area contributed by atoms with Crippen LogP contribution in [0.5, 0.6) is 11.5 Å². The maximum atomic E-state index is 12.2. The van der Waals surface area contributed by atoms with Crippen molar-refractivity contribution >= 4 is 22.5 Å². The number of benzene rings is 2. The number of rotatable bonds is 3. The van der Waals surface area contributed by atoms with E-state index in [1.54, 1.807) is 24.3 Å². The van der Waals surface area contributed by atoms with E-state index in [4.69, 9.17) is 21.1 Å². The Morgan fingerprint density at radius 3 is 2.27 bits per heavy atom. The molecule has 0 saturated heterocycles. The van der Waals surface area contributed by atoms with Crippen LogP contribution >= 0.6 is 11.6 Å². The molecular weight excluding hydrogens is 302 g/mol. The monoisotopic (exact) mass is 315 g/mol. The van der Waals surface area contributed by atoms with Crippen molar-refractivity contribution in [3.05, 3.63) is 57.7 Å². The van der Waals surface area contributed by atoms with E-state index in [1.807, 2.05) is 18.2 Å². The summed E-state index contributed by atoms with van der Waals surface area (Å²) < 4.78 is 10.5. The van der Waals surface area contributed by atoms with E-state index >= 15 is 0 Å². The van der Waals surface area contributed by atoms with Gasteiger partial charge in [-0.25, -0.2) is 0 Å². The molecule has 4 nitrogen and oxygen atoms in total. The Balaban J connectivity index is 2.25. The van der Waals surface area contributed by atoms with Crippen LogP contribution in [0.1, 0.15) is 0 Å². The van der Waals surface area contributed by atoms with Crippen LogP contribution < -0.4 is 14.9 Å². The van der Waals surface area contributed by atoms with Gasteiger partial charge < -0.3 is 14.5 Å². The van der Waals surface area contributed by atoms with Crippen molar-refractivity contribution in [3.63, 3.8) is 0 Å². The highest BCUT2D eigenvalue weighted by atomic mass is 35.5. The summed E-state index contributed by atoms with van der Waals surface area (Å²) in [5, 5.41) is 1.05. The molecule has 0 aliphatic rings. The van der Waals surface area contributed by atoms with E-state index in [2.05, 4.69) is 4.98 Å². The van der Waals surface area contributed by atoms with Gasteiger partial charge in [-0.2, -0.15) is 0 Å². The van der Waals surface area contributed by atoms with Gasteiger partial charge in [0.05, 0.1) is 14.2 Å². The fourth-order valence-electron chi connectivity index (χ4n) is 2.38. The largest absolute Gasteiger partial charge is 0.495 e. The van der Waals surface area contributed by atoms with Crippen LogP contribution in [0.2, 0.25) is 5.02 Å². The molecule has 0 unspecified atom stereocenters. The van der Waals surface area contributed by atoms with Crippen molar-refractivity contribution in [1.82, 2.24) is 4.98 Å². The molecule has 0 bridgehead atoms. The van der Waals surface area contributed by atoms with Crippen LogP contribution in [0.25, 0.3) is 22.2 Å². The number of pyridine rings is 1. The predicted molar refractivity (Wildman–Crippen MR) is 88.1 cm³/mol. The number of ether oxygens (including phenoxy) is 2. The van der Waals surface area contributed by atoms with E-state index in [9.17, 15) is 4.79 Å². The van der Waals surface area contributed by atoms with E-state index in [0.29, 0.717) is 27.6 Å². The number of hydrogen-bond donors (Lipinski definition) is 1. The van der Waals surface area contributed by atoms with Gasteiger partial charge in [-0.3, -0.25) is 4.79 Å². The molecule has 112 valence electrons. The van der Waals surface area contributed by atoms with E-state index < -0.39 is 0 Å². The van der Waals surface area contributed by atoms with Crippen molar-refractivity contribution in [3.8, 4) is 22.8 Å². The first-order valence-corrected chi connectivity index (χ1v) is 7.06. The molecule has 22 heavy (non-hydrogen) atoms. The molecule has 0 fully saturated rings. The Labute approximate surface area is 132 Å². The Kier molecular flexibility index (Phi) is 3.77. The first-order chi connectivity index (χ1) is 10.6. The molecular formula is C17H14ClNO3. The summed E-state index contributed by atoms with van der Waals surface area (Å²) in [5.74, 6) is 0.982. The second-order valence-corrected chi connectivity index (χ2v) is 5.17. The lowest BCUT2D eigenvalue weighted by Gasteiger charge is -2.12. The van der Waals surface area contributed by atoms with Gasteiger partial charge >= 0.3 is 0 Å². The van der Waals surface area contributed by atoms with Crippen LogP contribution in [-0.4, -0.2) is 19.2 Å². The minimum absolute atomic E-state index is 0.0442. The zero-order chi connectivity index (χ0) is 15.7. The Morgan fingerprint density at radius 2 is 1.64 bits per heavy atom.